The highest BCUT2D eigenvalue weighted by atomic mass is 32.1. The van der Waals surface area contributed by atoms with Crippen molar-refractivity contribution in [3.8, 4) is 0 Å². The van der Waals surface area contributed by atoms with Gasteiger partial charge in [-0.05, 0) is 0 Å². The largest absolute Gasteiger partial charge is 0.310 e. The van der Waals surface area contributed by atoms with Gasteiger partial charge in [0.25, 0.3) is 5.91 Å². The van der Waals surface area contributed by atoms with E-state index < -0.39 is 5.91 Å². The van der Waals surface area contributed by atoms with Crippen molar-refractivity contribution in [3.05, 3.63) is 0 Å². The van der Waals surface area contributed by atoms with Crippen LogP contribution in [0.15, 0.2) is 0 Å². The van der Waals surface area contributed by atoms with Gasteiger partial charge in [0.15, 0.2) is 4.99 Å². The summed E-state index contributed by atoms with van der Waals surface area (Å²) in [5, 5.41) is 0. The van der Waals surface area contributed by atoms with Crippen LogP contribution < -0.4 is 22.5 Å². The van der Waals surface area contributed by atoms with E-state index >= 15 is 0 Å². The van der Waals surface area contributed by atoms with Gasteiger partial charge >= 0.3 is 0 Å². The molecule has 46 valence electrons. The second kappa shape index (κ2) is 3.30. The van der Waals surface area contributed by atoms with Gasteiger partial charge in [-0.25, -0.2) is 11.7 Å². The van der Waals surface area contributed by atoms with Gasteiger partial charge in [0.1, 0.15) is 0 Å². The third kappa shape index (κ3) is 1.82. The van der Waals surface area contributed by atoms with E-state index in [0.29, 0.717) is 0 Å². The molecule has 0 bridgehead atoms. The maximum atomic E-state index is 10.2. The molecule has 0 spiro atoms. The standard InChI is InChI=1S/C2H6N4OS/c3-5-1(7)2(8)6-4/h3-4H2,(H,5,7)(H,6,8). The van der Waals surface area contributed by atoms with Crippen LogP contribution in [0.2, 0.25) is 0 Å². The van der Waals surface area contributed by atoms with E-state index in [4.69, 9.17) is 5.84 Å². The van der Waals surface area contributed by atoms with Crippen molar-refractivity contribution in [3.63, 3.8) is 0 Å². The fourth-order valence-corrected chi connectivity index (χ4v) is 0.190. The lowest BCUT2D eigenvalue weighted by Gasteiger charge is -1.96. The molecular formula is C2H6N4OS. The SMILES string of the molecule is NNC(=O)C(=S)NN. The molecule has 0 rings (SSSR count). The van der Waals surface area contributed by atoms with Crippen LogP contribution in [0.5, 0.6) is 0 Å². The minimum Gasteiger partial charge on any atom is -0.310 e. The first-order valence-electron chi connectivity index (χ1n) is 1.74. The van der Waals surface area contributed by atoms with Gasteiger partial charge in [-0.15, -0.1) is 0 Å². The minimum atomic E-state index is -0.595. The number of amides is 1. The number of nitrogens with two attached hydrogens (primary N) is 2. The molecule has 6 N–H and O–H groups in total. The summed E-state index contributed by atoms with van der Waals surface area (Å²) in [4.78, 5) is 10.1. The zero-order chi connectivity index (χ0) is 6.57. The molecule has 0 aliphatic heterocycles. The zero-order valence-corrected chi connectivity index (χ0v) is 4.79. The van der Waals surface area contributed by atoms with E-state index in [-0.39, 0.29) is 4.99 Å². The van der Waals surface area contributed by atoms with Crippen molar-refractivity contribution in [2.24, 2.45) is 11.7 Å². The Balaban J connectivity index is 3.64. The zero-order valence-electron chi connectivity index (χ0n) is 3.97. The third-order valence-electron chi connectivity index (χ3n) is 0.468. The Kier molecular flexibility index (Phi) is 3.01. The molecule has 0 aromatic rings. The van der Waals surface area contributed by atoms with Crippen LogP contribution in [0, 0.1) is 0 Å². The second-order valence-electron chi connectivity index (χ2n) is 0.947. The first-order chi connectivity index (χ1) is 3.72. The Morgan fingerprint density at radius 1 is 1.38 bits per heavy atom. The topological polar surface area (TPSA) is 93.2 Å². The fraction of sp³-hybridized carbons (Fsp3) is 0. The van der Waals surface area contributed by atoms with Crippen molar-refractivity contribution < 1.29 is 4.79 Å². The first kappa shape index (κ1) is 7.28. The molecule has 6 heteroatoms. The number of thiocarbonyl (C=S) groups is 1. The van der Waals surface area contributed by atoms with Crippen LogP contribution in [0.4, 0.5) is 0 Å². The molecule has 0 radical (unpaired) electrons. The summed E-state index contributed by atoms with van der Waals surface area (Å²) in [7, 11) is 0. The summed E-state index contributed by atoms with van der Waals surface area (Å²) >= 11 is 4.35. The summed E-state index contributed by atoms with van der Waals surface area (Å²) in [5.41, 5.74) is 3.75. The van der Waals surface area contributed by atoms with E-state index in [1.54, 1.807) is 5.43 Å². The van der Waals surface area contributed by atoms with Crippen molar-refractivity contribution in [1.82, 2.24) is 10.9 Å². The van der Waals surface area contributed by atoms with E-state index in [1.165, 1.54) is 0 Å². The molecule has 0 atom stereocenters. The summed E-state index contributed by atoms with van der Waals surface area (Å²) in [5.74, 6) is 8.81. The summed E-state index contributed by atoms with van der Waals surface area (Å²) in [6.45, 7) is 0. The Morgan fingerprint density at radius 2 is 1.88 bits per heavy atom. The number of hydrogen-bond donors (Lipinski definition) is 4. The maximum Gasteiger partial charge on any atom is 0.293 e. The highest BCUT2D eigenvalue weighted by molar-refractivity contribution is 7.82. The molecule has 1 amide bonds. The molecule has 0 fully saturated rings. The predicted octanol–water partition coefficient (Wildman–Crippen LogP) is -2.23. The van der Waals surface area contributed by atoms with Gasteiger partial charge in [0, 0.05) is 0 Å². The Hall–Kier alpha value is -0.720. The number of hydrogen-bond acceptors (Lipinski definition) is 4. The van der Waals surface area contributed by atoms with Crippen molar-refractivity contribution in [2.45, 2.75) is 0 Å². The van der Waals surface area contributed by atoms with E-state index in [1.807, 2.05) is 5.43 Å². The van der Waals surface area contributed by atoms with Crippen LogP contribution in [0.3, 0.4) is 0 Å². The normalized spacial score (nSPS) is 7.75. The van der Waals surface area contributed by atoms with Gasteiger partial charge in [-0.3, -0.25) is 10.2 Å². The molecule has 0 aromatic carbocycles. The highest BCUT2D eigenvalue weighted by Crippen LogP contribution is 1.63. The molecule has 0 aliphatic carbocycles. The molecule has 0 saturated heterocycles. The third-order valence-corrected chi connectivity index (χ3v) is 0.772. The number of carbonyl (C=O) groups is 1. The van der Waals surface area contributed by atoms with Gasteiger partial charge in [-0.1, -0.05) is 12.2 Å². The molecule has 0 saturated carbocycles. The molecule has 5 nitrogen and oxygen atoms in total. The predicted molar refractivity (Wildman–Crippen MR) is 32.3 cm³/mol. The van der Waals surface area contributed by atoms with Crippen LogP contribution >= 0.6 is 12.2 Å². The highest BCUT2D eigenvalue weighted by Gasteiger charge is 2.01. The lowest BCUT2D eigenvalue weighted by Crippen LogP contribution is -2.44. The van der Waals surface area contributed by atoms with Crippen LogP contribution in [-0.2, 0) is 4.79 Å². The van der Waals surface area contributed by atoms with Gasteiger partial charge < -0.3 is 5.43 Å². The minimum absolute atomic E-state index is 0.132. The monoisotopic (exact) mass is 134 g/mol. The Labute approximate surface area is 51.3 Å². The Morgan fingerprint density at radius 3 is 2.00 bits per heavy atom. The second-order valence-corrected chi connectivity index (χ2v) is 1.36. The molecule has 8 heavy (non-hydrogen) atoms. The van der Waals surface area contributed by atoms with Crippen molar-refractivity contribution >= 4 is 23.1 Å². The molecular weight excluding hydrogens is 128 g/mol. The summed E-state index contributed by atoms with van der Waals surface area (Å²) < 4.78 is 0. The quantitative estimate of drug-likeness (QED) is 0.130. The fourth-order valence-electron chi connectivity index (χ4n) is 0.131. The number of rotatable bonds is 0. The lowest BCUT2D eigenvalue weighted by atomic mass is 10.6. The first-order valence-corrected chi connectivity index (χ1v) is 2.14. The smallest absolute Gasteiger partial charge is 0.293 e. The number of carbonyl (C=O) groups excluding carboxylic acids is 1. The number of nitrogens with one attached hydrogen (secondary N) is 2. The van der Waals surface area contributed by atoms with Gasteiger partial charge in [-0.2, -0.15) is 0 Å². The van der Waals surface area contributed by atoms with Gasteiger partial charge in [0.05, 0.1) is 0 Å². The Bertz CT molecular complexity index is 98.6. The molecule has 0 heterocycles. The number of hydrazine groups is 2. The lowest BCUT2D eigenvalue weighted by molar-refractivity contribution is -0.114. The maximum absolute atomic E-state index is 10.2. The van der Waals surface area contributed by atoms with Gasteiger partial charge in [0.2, 0.25) is 0 Å². The molecule has 0 aliphatic rings. The average Bonchev–Trinajstić information content (AvgIpc) is 1.84. The average molecular weight is 134 g/mol. The van der Waals surface area contributed by atoms with Crippen molar-refractivity contribution in [2.75, 3.05) is 0 Å². The van der Waals surface area contributed by atoms with Crippen molar-refractivity contribution in [1.29, 1.82) is 0 Å². The van der Waals surface area contributed by atoms with Crippen LogP contribution in [-0.4, -0.2) is 10.9 Å². The molecule has 0 aromatic heterocycles. The van der Waals surface area contributed by atoms with E-state index in [0.717, 1.165) is 0 Å². The summed E-state index contributed by atoms with van der Waals surface area (Å²) in [6.07, 6.45) is 0. The molecule has 0 unspecified atom stereocenters. The summed E-state index contributed by atoms with van der Waals surface area (Å²) in [6, 6.07) is 0. The van der Waals surface area contributed by atoms with Crippen LogP contribution in [0.1, 0.15) is 0 Å². The van der Waals surface area contributed by atoms with E-state index in [2.05, 4.69) is 18.1 Å². The van der Waals surface area contributed by atoms with E-state index in [9.17, 15) is 4.79 Å². The van der Waals surface area contributed by atoms with Crippen LogP contribution in [0.25, 0.3) is 0 Å².